The smallest absolute Gasteiger partial charge is 0.174 e. The van der Waals surface area contributed by atoms with Gasteiger partial charge in [-0.1, -0.05) is 43.9 Å². The SMILES string of the molecule is CCNC(CSc1nnc(C)s1)C(C)C. The third kappa shape index (κ3) is 4.49. The van der Waals surface area contributed by atoms with Crippen LogP contribution < -0.4 is 5.32 Å². The fraction of sp³-hybridized carbons (Fsp3) is 0.800. The second-order valence-corrected chi connectivity index (χ2v) is 6.25. The Balaban J connectivity index is 2.39. The van der Waals surface area contributed by atoms with Crippen LogP contribution in [0, 0.1) is 12.8 Å². The Bertz CT molecular complexity index is 286. The predicted octanol–water partition coefficient (Wildman–Crippen LogP) is 2.57. The fourth-order valence-electron chi connectivity index (χ4n) is 1.25. The van der Waals surface area contributed by atoms with Crippen molar-refractivity contribution in [2.45, 2.75) is 38.1 Å². The maximum Gasteiger partial charge on any atom is 0.174 e. The Kier molecular flexibility index (Phi) is 5.56. The zero-order valence-corrected chi connectivity index (χ0v) is 11.4. The van der Waals surface area contributed by atoms with Gasteiger partial charge >= 0.3 is 0 Å². The summed E-state index contributed by atoms with van der Waals surface area (Å²) in [4.78, 5) is 0. The molecule has 0 saturated heterocycles. The Labute approximate surface area is 100 Å². The van der Waals surface area contributed by atoms with Gasteiger partial charge in [-0.05, 0) is 19.4 Å². The molecule has 0 spiro atoms. The highest BCUT2D eigenvalue weighted by Crippen LogP contribution is 2.23. The van der Waals surface area contributed by atoms with E-state index in [2.05, 4.69) is 36.3 Å². The largest absolute Gasteiger partial charge is 0.313 e. The number of hydrogen-bond donors (Lipinski definition) is 1. The first kappa shape index (κ1) is 12.9. The van der Waals surface area contributed by atoms with E-state index in [0.717, 1.165) is 21.6 Å². The molecule has 0 aromatic carbocycles. The van der Waals surface area contributed by atoms with E-state index in [4.69, 9.17) is 0 Å². The van der Waals surface area contributed by atoms with Crippen LogP contribution in [0.4, 0.5) is 0 Å². The fourth-order valence-corrected chi connectivity index (χ4v) is 3.39. The summed E-state index contributed by atoms with van der Waals surface area (Å²) < 4.78 is 1.08. The molecule has 1 rings (SSSR count). The highest BCUT2D eigenvalue weighted by atomic mass is 32.2. The Morgan fingerprint density at radius 1 is 1.40 bits per heavy atom. The topological polar surface area (TPSA) is 37.8 Å². The van der Waals surface area contributed by atoms with Gasteiger partial charge in [-0.15, -0.1) is 10.2 Å². The lowest BCUT2D eigenvalue weighted by molar-refractivity contribution is 0.443. The van der Waals surface area contributed by atoms with Crippen molar-refractivity contribution in [1.29, 1.82) is 0 Å². The van der Waals surface area contributed by atoms with Crippen molar-refractivity contribution >= 4 is 23.1 Å². The second-order valence-electron chi connectivity index (χ2n) is 3.81. The molecule has 1 N–H and O–H groups in total. The summed E-state index contributed by atoms with van der Waals surface area (Å²) in [6.07, 6.45) is 0. The third-order valence-electron chi connectivity index (χ3n) is 2.16. The Morgan fingerprint density at radius 2 is 2.13 bits per heavy atom. The number of aryl methyl sites for hydroxylation is 1. The number of aromatic nitrogens is 2. The number of rotatable bonds is 6. The number of nitrogens with zero attached hydrogens (tertiary/aromatic N) is 2. The highest BCUT2D eigenvalue weighted by Gasteiger charge is 2.13. The number of nitrogens with one attached hydrogen (secondary N) is 1. The zero-order valence-electron chi connectivity index (χ0n) is 9.78. The molecular formula is C10H19N3S2. The van der Waals surface area contributed by atoms with Gasteiger partial charge in [-0.25, -0.2) is 0 Å². The minimum Gasteiger partial charge on any atom is -0.313 e. The van der Waals surface area contributed by atoms with E-state index in [1.165, 1.54) is 0 Å². The summed E-state index contributed by atoms with van der Waals surface area (Å²) in [6.45, 7) is 9.66. The van der Waals surface area contributed by atoms with Gasteiger partial charge in [-0.3, -0.25) is 0 Å². The quantitative estimate of drug-likeness (QED) is 0.782. The van der Waals surface area contributed by atoms with Gasteiger partial charge in [0.15, 0.2) is 4.34 Å². The molecule has 0 aliphatic heterocycles. The molecule has 1 unspecified atom stereocenters. The molecule has 5 heteroatoms. The predicted molar refractivity (Wildman–Crippen MR) is 67.7 cm³/mol. The molecule has 1 heterocycles. The maximum absolute atomic E-state index is 4.11. The van der Waals surface area contributed by atoms with E-state index in [1.807, 2.05) is 6.92 Å². The Morgan fingerprint density at radius 3 is 2.60 bits per heavy atom. The first-order valence-electron chi connectivity index (χ1n) is 5.29. The lowest BCUT2D eigenvalue weighted by atomic mass is 10.1. The molecule has 1 atom stereocenters. The van der Waals surface area contributed by atoms with Crippen LogP contribution in [-0.2, 0) is 0 Å². The monoisotopic (exact) mass is 245 g/mol. The van der Waals surface area contributed by atoms with Crippen LogP contribution in [-0.4, -0.2) is 28.5 Å². The molecule has 0 amide bonds. The summed E-state index contributed by atoms with van der Waals surface area (Å²) >= 11 is 3.47. The molecule has 0 fully saturated rings. The lowest BCUT2D eigenvalue weighted by Crippen LogP contribution is -2.35. The molecule has 0 radical (unpaired) electrons. The van der Waals surface area contributed by atoms with Crippen molar-refractivity contribution in [3.05, 3.63) is 5.01 Å². The van der Waals surface area contributed by atoms with Crippen LogP contribution in [0.15, 0.2) is 4.34 Å². The van der Waals surface area contributed by atoms with E-state index >= 15 is 0 Å². The van der Waals surface area contributed by atoms with E-state index in [-0.39, 0.29) is 0 Å². The van der Waals surface area contributed by atoms with Crippen LogP contribution in [0.1, 0.15) is 25.8 Å². The normalized spacial score (nSPS) is 13.4. The number of hydrogen-bond acceptors (Lipinski definition) is 5. The third-order valence-corrected chi connectivity index (χ3v) is 4.26. The van der Waals surface area contributed by atoms with Crippen LogP contribution >= 0.6 is 23.1 Å². The molecule has 3 nitrogen and oxygen atoms in total. The lowest BCUT2D eigenvalue weighted by Gasteiger charge is -2.20. The van der Waals surface area contributed by atoms with Gasteiger partial charge < -0.3 is 5.32 Å². The standard InChI is InChI=1S/C10H19N3S2/c1-5-11-9(7(2)3)6-14-10-13-12-8(4)15-10/h7,9,11H,5-6H2,1-4H3. The highest BCUT2D eigenvalue weighted by molar-refractivity contribution is 8.01. The maximum atomic E-state index is 4.11. The minimum atomic E-state index is 0.559. The van der Waals surface area contributed by atoms with Gasteiger partial charge in [-0.2, -0.15) is 0 Å². The molecule has 0 saturated carbocycles. The van der Waals surface area contributed by atoms with Crippen molar-refractivity contribution in [1.82, 2.24) is 15.5 Å². The van der Waals surface area contributed by atoms with Gasteiger partial charge in [0.25, 0.3) is 0 Å². The van der Waals surface area contributed by atoms with Gasteiger partial charge in [0.1, 0.15) is 5.01 Å². The van der Waals surface area contributed by atoms with Crippen LogP contribution in [0.5, 0.6) is 0 Å². The van der Waals surface area contributed by atoms with Crippen LogP contribution in [0.3, 0.4) is 0 Å². The van der Waals surface area contributed by atoms with Crippen molar-refractivity contribution in [3.8, 4) is 0 Å². The summed E-state index contributed by atoms with van der Waals surface area (Å²) in [5.74, 6) is 1.73. The molecule has 15 heavy (non-hydrogen) atoms. The summed E-state index contributed by atoms with van der Waals surface area (Å²) in [5.41, 5.74) is 0. The summed E-state index contributed by atoms with van der Waals surface area (Å²) in [7, 11) is 0. The first-order valence-corrected chi connectivity index (χ1v) is 7.10. The average Bonchev–Trinajstić information content (AvgIpc) is 2.58. The van der Waals surface area contributed by atoms with Gasteiger partial charge in [0.2, 0.25) is 0 Å². The molecular weight excluding hydrogens is 226 g/mol. The molecule has 0 bridgehead atoms. The van der Waals surface area contributed by atoms with Gasteiger partial charge in [0.05, 0.1) is 0 Å². The van der Waals surface area contributed by atoms with Crippen molar-refractivity contribution in [2.75, 3.05) is 12.3 Å². The molecule has 1 aromatic rings. The zero-order chi connectivity index (χ0) is 11.3. The molecule has 86 valence electrons. The summed E-state index contributed by atoms with van der Waals surface area (Å²) in [6, 6.07) is 0.559. The van der Waals surface area contributed by atoms with Crippen molar-refractivity contribution in [2.24, 2.45) is 5.92 Å². The number of thioether (sulfide) groups is 1. The molecule has 0 aliphatic rings. The van der Waals surface area contributed by atoms with E-state index in [1.54, 1.807) is 23.1 Å². The van der Waals surface area contributed by atoms with E-state index in [9.17, 15) is 0 Å². The first-order chi connectivity index (χ1) is 7.13. The van der Waals surface area contributed by atoms with Crippen molar-refractivity contribution in [3.63, 3.8) is 0 Å². The van der Waals surface area contributed by atoms with E-state index < -0.39 is 0 Å². The van der Waals surface area contributed by atoms with Crippen LogP contribution in [0.2, 0.25) is 0 Å². The van der Waals surface area contributed by atoms with Gasteiger partial charge in [0, 0.05) is 11.8 Å². The molecule has 0 aliphatic carbocycles. The van der Waals surface area contributed by atoms with E-state index in [0.29, 0.717) is 12.0 Å². The van der Waals surface area contributed by atoms with Crippen LogP contribution in [0.25, 0.3) is 0 Å². The average molecular weight is 245 g/mol. The summed E-state index contributed by atoms with van der Waals surface area (Å²) in [5, 5.41) is 12.7. The second kappa shape index (κ2) is 6.45. The molecule has 1 aromatic heterocycles. The van der Waals surface area contributed by atoms with Crippen molar-refractivity contribution < 1.29 is 0 Å². The Hall–Kier alpha value is -0.130. The minimum absolute atomic E-state index is 0.559.